The number of likely N-dealkylation sites (tertiary alicyclic amines) is 1. The van der Waals surface area contributed by atoms with Crippen molar-refractivity contribution in [2.24, 2.45) is 0 Å². The van der Waals surface area contributed by atoms with Crippen molar-refractivity contribution in [1.82, 2.24) is 15.5 Å². The second-order valence-electron chi connectivity index (χ2n) is 4.86. The van der Waals surface area contributed by atoms with E-state index in [9.17, 15) is 14.7 Å². The first-order valence-electron chi connectivity index (χ1n) is 6.68. The van der Waals surface area contributed by atoms with Gasteiger partial charge in [-0.1, -0.05) is 6.42 Å². The molecule has 1 saturated heterocycles. The highest BCUT2D eigenvalue weighted by Gasteiger charge is 2.24. The van der Waals surface area contributed by atoms with E-state index in [1.165, 1.54) is 26.2 Å². The molecule has 0 aromatic rings. The van der Waals surface area contributed by atoms with E-state index in [0.717, 1.165) is 19.6 Å². The SMILES string of the molecule is C[C@@H](O)[C@H](NC(=O)NCCN1CCCCC1)C(=O)O. The third-order valence-electron chi connectivity index (χ3n) is 3.20. The van der Waals surface area contributed by atoms with E-state index in [2.05, 4.69) is 15.5 Å². The Bertz CT molecular complexity index is 303. The van der Waals surface area contributed by atoms with Gasteiger partial charge in [-0.2, -0.15) is 0 Å². The first-order valence-corrected chi connectivity index (χ1v) is 6.68. The van der Waals surface area contributed by atoms with Crippen LogP contribution in [0.25, 0.3) is 0 Å². The van der Waals surface area contributed by atoms with Crippen molar-refractivity contribution >= 4 is 12.0 Å². The van der Waals surface area contributed by atoms with Crippen LogP contribution in [0.4, 0.5) is 4.79 Å². The fourth-order valence-electron chi connectivity index (χ4n) is 2.09. The Labute approximate surface area is 113 Å². The number of carbonyl (C=O) groups is 2. The summed E-state index contributed by atoms with van der Waals surface area (Å²) in [6.07, 6.45) is 2.51. The maximum atomic E-state index is 11.5. The zero-order chi connectivity index (χ0) is 14.3. The van der Waals surface area contributed by atoms with E-state index in [1.54, 1.807) is 0 Å². The number of hydrogen-bond donors (Lipinski definition) is 4. The van der Waals surface area contributed by atoms with Crippen LogP contribution < -0.4 is 10.6 Å². The second kappa shape index (κ2) is 7.96. The lowest BCUT2D eigenvalue weighted by Crippen LogP contribution is -2.52. The highest BCUT2D eigenvalue weighted by Crippen LogP contribution is 2.07. The Morgan fingerprint density at radius 2 is 1.89 bits per heavy atom. The standard InChI is InChI=1S/C12H23N3O4/c1-9(16)10(11(17)18)14-12(19)13-5-8-15-6-3-2-4-7-15/h9-10,16H,2-8H2,1H3,(H,17,18)(H2,13,14,19)/t9-,10+/m1/s1. The Balaban J connectivity index is 2.21. The fourth-order valence-corrected chi connectivity index (χ4v) is 2.09. The lowest BCUT2D eigenvalue weighted by Gasteiger charge is -2.26. The monoisotopic (exact) mass is 273 g/mol. The molecule has 19 heavy (non-hydrogen) atoms. The molecule has 0 spiro atoms. The zero-order valence-corrected chi connectivity index (χ0v) is 11.3. The molecule has 1 rings (SSSR count). The summed E-state index contributed by atoms with van der Waals surface area (Å²) in [5.41, 5.74) is 0. The van der Waals surface area contributed by atoms with Gasteiger partial charge in [0, 0.05) is 13.1 Å². The van der Waals surface area contributed by atoms with Gasteiger partial charge in [0.2, 0.25) is 0 Å². The lowest BCUT2D eigenvalue weighted by atomic mass is 10.1. The Hall–Kier alpha value is -1.34. The quantitative estimate of drug-likeness (QED) is 0.528. The van der Waals surface area contributed by atoms with Crippen molar-refractivity contribution in [1.29, 1.82) is 0 Å². The van der Waals surface area contributed by atoms with Crippen LogP contribution in [0.3, 0.4) is 0 Å². The molecule has 7 heteroatoms. The summed E-state index contributed by atoms with van der Waals surface area (Å²) in [6, 6.07) is -1.85. The minimum atomic E-state index is -1.28. The molecule has 0 saturated carbocycles. The normalized spacial score (nSPS) is 19.5. The summed E-state index contributed by atoms with van der Waals surface area (Å²) in [5, 5.41) is 22.9. The summed E-state index contributed by atoms with van der Waals surface area (Å²) in [4.78, 5) is 24.5. The largest absolute Gasteiger partial charge is 0.480 e. The van der Waals surface area contributed by atoms with Crippen molar-refractivity contribution in [3.8, 4) is 0 Å². The van der Waals surface area contributed by atoms with Crippen LogP contribution in [-0.4, -0.2) is 65.4 Å². The molecule has 0 aliphatic carbocycles. The van der Waals surface area contributed by atoms with E-state index in [0.29, 0.717) is 6.54 Å². The number of carboxylic acid groups (broad SMARTS) is 1. The second-order valence-corrected chi connectivity index (χ2v) is 4.86. The predicted octanol–water partition coefficient (Wildman–Crippen LogP) is -0.394. The first kappa shape index (κ1) is 15.7. The summed E-state index contributed by atoms with van der Waals surface area (Å²) in [6.45, 7) is 4.66. The van der Waals surface area contributed by atoms with Gasteiger partial charge in [0.05, 0.1) is 6.10 Å². The highest BCUT2D eigenvalue weighted by atomic mass is 16.4. The number of nitrogens with zero attached hydrogens (tertiary/aromatic N) is 1. The van der Waals surface area contributed by atoms with Gasteiger partial charge in [0.1, 0.15) is 0 Å². The maximum absolute atomic E-state index is 11.5. The van der Waals surface area contributed by atoms with Crippen LogP contribution in [0, 0.1) is 0 Å². The predicted molar refractivity (Wildman–Crippen MR) is 69.9 cm³/mol. The smallest absolute Gasteiger partial charge is 0.328 e. The highest BCUT2D eigenvalue weighted by molar-refractivity contribution is 5.82. The number of aliphatic hydroxyl groups excluding tert-OH is 1. The molecule has 0 radical (unpaired) electrons. The van der Waals surface area contributed by atoms with Crippen molar-refractivity contribution in [3.63, 3.8) is 0 Å². The van der Waals surface area contributed by atoms with Crippen molar-refractivity contribution < 1.29 is 19.8 Å². The lowest BCUT2D eigenvalue weighted by molar-refractivity contribution is -0.141. The van der Waals surface area contributed by atoms with Gasteiger partial charge < -0.3 is 25.7 Å². The molecule has 2 amide bonds. The van der Waals surface area contributed by atoms with E-state index in [1.807, 2.05) is 0 Å². The first-order chi connectivity index (χ1) is 9.00. The molecular weight excluding hydrogens is 250 g/mol. The molecule has 7 nitrogen and oxygen atoms in total. The van der Waals surface area contributed by atoms with Crippen molar-refractivity contribution in [2.75, 3.05) is 26.2 Å². The summed E-state index contributed by atoms with van der Waals surface area (Å²) < 4.78 is 0. The Morgan fingerprint density at radius 1 is 1.26 bits per heavy atom. The number of carboxylic acids is 1. The van der Waals surface area contributed by atoms with Gasteiger partial charge in [-0.25, -0.2) is 9.59 Å². The van der Waals surface area contributed by atoms with Crippen LogP contribution in [0.5, 0.6) is 0 Å². The average molecular weight is 273 g/mol. The summed E-state index contributed by atoms with van der Waals surface area (Å²) in [7, 11) is 0. The number of rotatable bonds is 6. The number of carbonyl (C=O) groups excluding carboxylic acids is 1. The van der Waals surface area contributed by atoms with Crippen molar-refractivity contribution in [3.05, 3.63) is 0 Å². The Kier molecular flexibility index (Phi) is 6.58. The molecule has 1 fully saturated rings. The molecule has 1 heterocycles. The number of piperidine rings is 1. The zero-order valence-electron chi connectivity index (χ0n) is 11.3. The molecule has 1 aliphatic heterocycles. The van der Waals surface area contributed by atoms with E-state index in [4.69, 9.17) is 5.11 Å². The third-order valence-corrected chi connectivity index (χ3v) is 3.20. The number of aliphatic hydroxyl groups is 1. The fraction of sp³-hybridized carbons (Fsp3) is 0.833. The minimum absolute atomic E-state index is 0.470. The van der Waals surface area contributed by atoms with Crippen LogP contribution >= 0.6 is 0 Å². The molecule has 0 bridgehead atoms. The minimum Gasteiger partial charge on any atom is -0.480 e. The van der Waals surface area contributed by atoms with Gasteiger partial charge in [-0.15, -0.1) is 0 Å². The molecular formula is C12H23N3O4. The number of amides is 2. The number of nitrogens with one attached hydrogen (secondary N) is 2. The molecule has 110 valence electrons. The maximum Gasteiger partial charge on any atom is 0.328 e. The van der Waals surface area contributed by atoms with Gasteiger partial charge in [-0.05, 0) is 32.9 Å². The van der Waals surface area contributed by atoms with Gasteiger partial charge in [0.25, 0.3) is 0 Å². The molecule has 1 aliphatic rings. The third kappa shape index (κ3) is 5.89. The van der Waals surface area contributed by atoms with Gasteiger partial charge in [0.15, 0.2) is 6.04 Å². The van der Waals surface area contributed by atoms with Crippen LogP contribution in [-0.2, 0) is 4.79 Å². The number of aliphatic carboxylic acids is 1. The van der Waals surface area contributed by atoms with Crippen molar-refractivity contribution in [2.45, 2.75) is 38.3 Å². The molecule has 2 atom stereocenters. The van der Waals surface area contributed by atoms with E-state index >= 15 is 0 Å². The topological polar surface area (TPSA) is 102 Å². The van der Waals surface area contributed by atoms with E-state index < -0.39 is 24.1 Å². The summed E-state index contributed by atoms with van der Waals surface area (Å²) in [5.74, 6) is -1.25. The van der Waals surface area contributed by atoms with Crippen LogP contribution in [0.15, 0.2) is 0 Å². The number of hydrogen-bond acceptors (Lipinski definition) is 4. The number of urea groups is 1. The average Bonchev–Trinajstić information content (AvgIpc) is 2.36. The van der Waals surface area contributed by atoms with Crippen LogP contribution in [0.2, 0.25) is 0 Å². The van der Waals surface area contributed by atoms with Gasteiger partial charge >= 0.3 is 12.0 Å². The van der Waals surface area contributed by atoms with Gasteiger partial charge in [-0.3, -0.25) is 0 Å². The molecule has 0 aromatic heterocycles. The molecule has 0 aromatic carbocycles. The Morgan fingerprint density at radius 3 is 2.42 bits per heavy atom. The van der Waals surface area contributed by atoms with E-state index in [-0.39, 0.29) is 0 Å². The summed E-state index contributed by atoms with van der Waals surface area (Å²) >= 11 is 0. The molecule has 4 N–H and O–H groups in total. The molecule has 0 unspecified atom stereocenters. The van der Waals surface area contributed by atoms with Crippen LogP contribution in [0.1, 0.15) is 26.2 Å².